The second-order valence-electron chi connectivity index (χ2n) is 9.71. The Hall–Kier alpha value is -4.99. The van der Waals surface area contributed by atoms with Gasteiger partial charge in [0.15, 0.2) is 5.82 Å². The highest BCUT2D eigenvalue weighted by Crippen LogP contribution is 2.24. The molecule has 0 aliphatic carbocycles. The van der Waals surface area contributed by atoms with Crippen molar-refractivity contribution in [2.75, 3.05) is 24.4 Å². The molecule has 10 heteroatoms. The first-order valence-corrected chi connectivity index (χ1v) is 14.1. The number of rotatable bonds is 15. The molecule has 0 atom stereocenters. The van der Waals surface area contributed by atoms with Crippen LogP contribution in [0.4, 0.5) is 23.3 Å². The van der Waals surface area contributed by atoms with Crippen molar-refractivity contribution in [2.24, 2.45) is 5.73 Å². The quantitative estimate of drug-likeness (QED) is 0.106. The van der Waals surface area contributed by atoms with E-state index in [1.54, 1.807) is 55.6 Å². The van der Waals surface area contributed by atoms with E-state index in [4.69, 9.17) is 15.2 Å². The summed E-state index contributed by atoms with van der Waals surface area (Å²) in [5.74, 6) is 0.884. The molecule has 0 aliphatic heterocycles. The van der Waals surface area contributed by atoms with Crippen LogP contribution in [0.15, 0.2) is 72.8 Å². The van der Waals surface area contributed by atoms with E-state index in [0.717, 1.165) is 18.4 Å². The minimum atomic E-state index is -0.507. The molecule has 4 aromatic rings. The standard InChI is InChI=1S/C32H36N6O4/c1-3-4-5-6-7-8-21-42-30(40)24-11-17-26(18-12-24)35-32-37-29(23-13-19-27(41-2)20-14-23)36-31(38-32)34-25-15-9-22(10-16-25)28(33)39/h9-20H,3-8,21H2,1-2H3,(H2,33,39)(H2,34,35,36,37,38). The number of primary amides is 1. The number of amides is 1. The fourth-order valence-electron chi connectivity index (χ4n) is 4.15. The number of nitrogens with zero attached hydrogens (tertiary/aromatic N) is 3. The van der Waals surface area contributed by atoms with Crippen LogP contribution in [0.3, 0.4) is 0 Å². The molecule has 1 amide bonds. The first-order valence-electron chi connectivity index (χ1n) is 14.1. The van der Waals surface area contributed by atoms with Gasteiger partial charge < -0.3 is 25.8 Å². The summed E-state index contributed by atoms with van der Waals surface area (Å²) in [6.07, 6.45) is 6.79. The van der Waals surface area contributed by atoms with Gasteiger partial charge in [-0.05, 0) is 79.2 Å². The number of benzene rings is 3. The van der Waals surface area contributed by atoms with E-state index in [1.807, 2.05) is 24.3 Å². The zero-order valence-corrected chi connectivity index (χ0v) is 23.9. The highest BCUT2D eigenvalue weighted by Gasteiger charge is 2.12. The fourth-order valence-corrected chi connectivity index (χ4v) is 4.15. The van der Waals surface area contributed by atoms with Crippen LogP contribution in [0.2, 0.25) is 0 Å². The topological polar surface area (TPSA) is 141 Å². The van der Waals surface area contributed by atoms with E-state index in [2.05, 4.69) is 32.5 Å². The Bertz CT molecular complexity index is 1460. The molecule has 0 saturated heterocycles. The third kappa shape index (κ3) is 8.76. The number of esters is 1. The SMILES string of the molecule is CCCCCCCCOC(=O)c1ccc(Nc2nc(Nc3ccc(C(N)=O)cc3)nc(-c3ccc(OC)cc3)n2)cc1. The summed E-state index contributed by atoms with van der Waals surface area (Å²) in [5, 5.41) is 6.34. The van der Waals surface area contributed by atoms with Gasteiger partial charge in [0, 0.05) is 22.5 Å². The number of carbonyl (C=O) groups excluding carboxylic acids is 2. The second kappa shape index (κ2) is 15.1. The molecule has 0 bridgehead atoms. The van der Waals surface area contributed by atoms with Gasteiger partial charge in [-0.1, -0.05) is 39.0 Å². The van der Waals surface area contributed by atoms with Gasteiger partial charge in [-0.3, -0.25) is 4.79 Å². The predicted molar refractivity (Wildman–Crippen MR) is 163 cm³/mol. The Labute approximate surface area is 245 Å². The largest absolute Gasteiger partial charge is 0.497 e. The lowest BCUT2D eigenvalue weighted by molar-refractivity contribution is 0.0497. The molecular formula is C32H36N6O4. The number of hydrogen-bond acceptors (Lipinski definition) is 9. The van der Waals surface area contributed by atoms with Gasteiger partial charge in [0.2, 0.25) is 17.8 Å². The molecule has 1 heterocycles. The van der Waals surface area contributed by atoms with E-state index in [0.29, 0.717) is 52.6 Å². The van der Waals surface area contributed by atoms with Gasteiger partial charge in [-0.15, -0.1) is 0 Å². The lowest BCUT2D eigenvalue weighted by Crippen LogP contribution is -2.10. The molecule has 42 heavy (non-hydrogen) atoms. The third-order valence-electron chi connectivity index (χ3n) is 6.52. The van der Waals surface area contributed by atoms with Gasteiger partial charge in [-0.25, -0.2) is 4.79 Å². The number of ether oxygens (including phenoxy) is 2. The minimum absolute atomic E-state index is 0.292. The molecule has 0 aliphatic rings. The number of methoxy groups -OCH3 is 1. The molecule has 1 aromatic heterocycles. The highest BCUT2D eigenvalue weighted by molar-refractivity contribution is 5.93. The molecule has 10 nitrogen and oxygen atoms in total. The predicted octanol–water partition coefficient (Wildman–Crippen LogP) is 6.65. The summed E-state index contributed by atoms with van der Waals surface area (Å²) in [6.45, 7) is 2.61. The van der Waals surface area contributed by atoms with Crippen molar-refractivity contribution in [1.82, 2.24) is 15.0 Å². The van der Waals surface area contributed by atoms with Gasteiger partial charge in [0.25, 0.3) is 0 Å². The van der Waals surface area contributed by atoms with E-state index >= 15 is 0 Å². The van der Waals surface area contributed by atoms with Crippen LogP contribution >= 0.6 is 0 Å². The number of anilines is 4. The van der Waals surface area contributed by atoms with Crippen LogP contribution in [0.5, 0.6) is 5.75 Å². The maximum Gasteiger partial charge on any atom is 0.338 e. The number of aromatic nitrogens is 3. The van der Waals surface area contributed by atoms with Gasteiger partial charge in [0.1, 0.15) is 5.75 Å². The molecule has 0 fully saturated rings. The Kier molecular flexibility index (Phi) is 10.8. The average molecular weight is 569 g/mol. The number of nitrogens with two attached hydrogens (primary N) is 1. The first-order chi connectivity index (χ1) is 20.4. The van der Waals surface area contributed by atoms with Crippen LogP contribution in [-0.4, -0.2) is 40.5 Å². The second-order valence-corrected chi connectivity index (χ2v) is 9.71. The van der Waals surface area contributed by atoms with Gasteiger partial charge in [-0.2, -0.15) is 15.0 Å². The number of nitrogens with one attached hydrogen (secondary N) is 2. The van der Waals surface area contributed by atoms with Gasteiger partial charge in [0.05, 0.1) is 19.3 Å². The smallest absolute Gasteiger partial charge is 0.338 e. The Balaban J connectivity index is 1.47. The fraction of sp³-hybridized carbons (Fsp3) is 0.281. The summed E-state index contributed by atoms with van der Waals surface area (Å²) < 4.78 is 10.7. The Morgan fingerprint density at radius 1 is 0.714 bits per heavy atom. The molecule has 218 valence electrons. The van der Waals surface area contributed by atoms with Gasteiger partial charge >= 0.3 is 5.97 Å². The van der Waals surface area contributed by atoms with Crippen molar-refractivity contribution >= 4 is 35.1 Å². The van der Waals surface area contributed by atoms with Crippen LogP contribution in [0, 0.1) is 0 Å². The monoisotopic (exact) mass is 568 g/mol. The summed E-state index contributed by atoms with van der Waals surface area (Å²) in [5.41, 5.74) is 8.34. The molecular weight excluding hydrogens is 532 g/mol. The van der Waals surface area contributed by atoms with Crippen molar-refractivity contribution in [3.05, 3.63) is 83.9 Å². The van der Waals surface area contributed by atoms with Crippen molar-refractivity contribution in [1.29, 1.82) is 0 Å². The van der Waals surface area contributed by atoms with E-state index in [1.165, 1.54) is 25.7 Å². The van der Waals surface area contributed by atoms with Crippen LogP contribution in [-0.2, 0) is 4.74 Å². The molecule has 0 spiro atoms. The van der Waals surface area contributed by atoms with Crippen LogP contribution < -0.4 is 21.1 Å². The van der Waals surface area contributed by atoms with Crippen molar-refractivity contribution < 1.29 is 19.1 Å². The van der Waals surface area contributed by atoms with Crippen molar-refractivity contribution in [2.45, 2.75) is 45.4 Å². The number of hydrogen-bond donors (Lipinski definition) is 3. The Morgan fingerprint density at radius 3 is 1.81 bits per heavy atom. The Morgan fingerprint density at radius 2 is 1.26 bits per heavy atom. The number of unbranched alkanes of at least 4 members (excludes halogenated alkanes) is 5. The summed E-state index contributed by atoms with van der Waals surface area (Å²) in [7, 11) is 1.60. The molecule has 0 radical (unpaired) electrons. The lowest BCUT2D eigenvalue weighted by Gasteiger charge is -2.11. The van der Waals surface area contributed by atoms with Crippen LogP contribution in [0.25, 0.3) is 11.4 Å². The molecule has 0 unspecified atom stereocenters. The van der Waals surface area contributed by atoms with Crippen LogP contribution in [0.1, 0.15) is 66.2 Å². The highest BCUT2D eigenvalue weighted by atomic mass is 16.5. The van der Waals surface area contributed by atoms with E-state index in [9.17, 15) is 9.59 Å². The summed E-state index contributed by atoms with van der Waals surface area (Å²) >= 11 is 0. The molecule has 4 rings (SSSR count). The molecule has 4 N–H and O–H groups in total. The maximum absolute atomic E-state index is 12.5. The zero-order chi connectivity index (χ0) is 29.7. The van der Waals surface area contributed by atoms with E-state index in [-0.39, 0.29) is 5.97 Å². The summed E-state index contributed by atoms with van der Waals surface area (Å²) in [6, 6.07) is 21.0. The lowest BCUT2D eigenvalue weighted by atomic mass is 10.1. The normalized spacial score (nSPS) is 10.6. The minimum Gasteiger partial charge on any atom is -0.497 e. The molecule has 0 saturated carbocycles. The third-order valence-corrected chi connectivity index (χ3v) is 6.52. The number of carbonyl (C=O) groups is 2. The maximum atomic E-state index is 12.5. The van der Waals surface area contributed by atoms with Crippen molar-refractivity contribution in [3.8, 4) is 17.1 Å². The average Bonchev–Trinajstić information content (AvgIpc) is 3.01. The van der Waals surface area contributed by atoms with E-state index < -0.39 is 5.91 Å². The zero-order valence-electron chi connectivity index (χ0n) is 23.9. The molecule has 3 aromatic carbocycles. The first kappa shape index (κ1) is 30.0. The summed E-state index contributed by atoms with van der Waals surface area (Å²) in [4.78, 5) is 37.6. The van der Waals surface area contributed by atoms with Crippen molar-refractivity contribution in [3.63, 3.8) is 0 Å².